The molecular weight excluding hydrogens is 350 g/mol. The Balaban J connectivity index is 1.74. The monoisotopic (exact) mass is 375 g/mol. The van der Waals surface area contributed by atoms with Crippen molar-refractivity contribution in [1.29, 1.82) is 0 Å². The van der Waals surface area contributed by atoms with Gasteiger partial charge in [-0.1, -0.05) is 18.2 Å². The molecule has 0 atom stereocenters. The molecule has 1 aromatic rings. The van der Waals surface area contributed by atoms with Gasteiger partial charge in [-0.3, -0.25) is 9.98 Å². The fourth-order valence-corrected chi connectivity index (χ4v) is 2.75. The number of nitrogens with two attached hydrogens (primary N) is 1. The maximum absolute atomic E-state index is 6.06. The normalized spacial score (nSPS) is 25.2. The minimum atomic E-state index is 0.392. The number of anilines is 2. The number of aliphatic imine (C=N–C) groups is 2. The molecule has 144 valence electrons. The van der Waals surface area contributed by atoms with Gasteiger partial charge >= 0.3 is 0 Å². The van der Waals surface area contributed by atoms with E-state index < -0.39 is 0 Å². The molecule has 7 heteroatoms. The average molecular weight is 375 g/mol. The molecule has 3 heterocycles. The number of hydrogen-bond donors (Lipinski definition) is 2. The zero-order valence-corrected chi connectivity index (χ0v) is 16.0. The predicted molar refractivity (Wildman–Crippen MR) is 117 cm³/mol. The van der Waals surface area contributed by atoms with Crippen LogP contribution < -0.4 is 11.1 Å². The van der Waals surface area contributed by atoms with E-state index in [0.29, 0.717) is 18.2 Å². The van der Waals surface area contributed by atoms with Crippen molar-refractivity contribution < 1.29 is 0 Å². The SMILES string of the molecule is CN1\C=C/N=C/C=C\C/C(CNc2nc(/C3=C/C/C=N\C=CC3)cnc2N)=C\1. The number of nitrogens with zero attached hydrogens (tertiary/aromatic N) is 5. The zero-order chi connectivity index (χ0) is 19.6. The van der Waals surface area contributed by atoms with Crippen molar-refractivity contribution in [3.8, 4) is 0 Å². The van der Waals surface area contributed by atoms with Crippen LogP contribution in [-0.2, 0) is 0 Å². The first-order valence-electron chi connectivity index (χ1n) is 9.21. The van der Waals surface area contributed by atoms with Gasteiger partial charge in [-0.15, -0.1) is 0 Å². The van der Waals surface area contributed by atoms with Crippen molar-refractivity contribution in [2.24, 2.45) is 9.98 Å². The Morgan fingerprint density at radius 2 is 2.11 bits per heavy atom. The Labute approximate surface area is 165 Å². The van der Waals surface area contributed by atoms with Gasteiger partial charge in [0.25, 0.3) is 0 Å². The lowest BCUT2D eigenvalue weighted by Gasteiger charge is -2.15. The van der Waals surface area contributed by atoms with Crippen molar-refractivity contribution in [2.45, 2.75) is 19.3 Å². The molecule has 0 saturated carbocycles. The Bertz CT molecular complexity index is 888. The summed E-state index contributed by atoms with van der Waals surface area (Å²) in [5.41, 5.74) is 9.19. The summed E-state index contributed by atoms with van der Waals surface area (Å²) in [6.45, 7) is 0.619. The van der Waals surface area contributed by atoms with Crippen LogP contribution in [0.2, 0.25) is 0 Å². The largest absolute Gasteiger partial charge is 0.381 e. The molecule has 0 spiro atoms. The second kappa shape index (κ2) is 10.0. The summed E-state index contributed by atoms with van der Waals surface area (Å²) in [7, 11) is 1.98. The van der Waals surface area contributed by atoms with E-state index in [9.17, 15) is 0 Å². The van der Waals surface area contributed by atoms with Crippen LogP contribution >= 0.6 is 0 Å². The van der Waals surface area contributed by atoms with Gasteiger partial charge in [0.15, 0.2) is 11.6 Å². The van der Waals surface area contributed by atoms with Crippen molar-refractivity contribution in [3.05, 3.63) is 66.6 Å². The number of hydrogen-bond acceptors (Lipinski definition) is 7. The van der Waals surface area contributed by atoms with Crippen LogP contribution in [0.1, 0.15) is 25.0 Å². The van der Waals surface area contributed by atoms with Crippen LogP contribution in [0.4, 0.5) is 11.6 Å². The van der Waals surface area contributed by atoms with Crippen LogP contribution in [0.5, 0.6) is 0 Å². The third-order valence-electron chi connectivity index (χ3n) is 4.18. The molecule has 28 heavy (non-hydrogen) atoms. The predicted octanol–water partition coefficient (Wildman–Crippen LogP) is 3.55. The van der Waals surface area contributed by atoms with E-state index in [0.717, 1.165) is 30.5 Å². The van der Waals surface area contributed by atoms with Gasteiger partial charge < -0.3 is 16.0 Å². The van der Waals surface area contributed by atoms with Crippen LogP contribution in [0.15, 0.2) is 70.9 Å². The minimum Gasteiger partial charge on any atom is -0.381 e. The molecule has 0 fully saturated rings. The molecule has 0 unspecified atom stereocenters. The molecule has 1 aromatic heterocycles. The second-order valence-electron chi connectivity index (χ2n) is 6.41. The molecular formula is C21H25N7. The summed E-state index contributed by atoms with van der Waals surface area (Å²) in [5.74, 6) is 0.989. The van der Waals surface area contributed by atoms with Crippen molar-refractivity contribution >= 4 is 29.6 Å². The Kier molecular flexibility index (Phi) is 6.89. The van der Waals surface area contributed by atoms with Crippen LogP contribution in [0.3, 0.4) is 0 Å². The summed E-state index contributed by atoms with van der Waals surface area (Å²) < 4.78 is 0. The molecule has 3 N–H and O–H groups in total. The standard InChI is InChI=1S/C21H25N7/c1-28-13-12-24-9-3-2-6-17(16-28)14-26-21-20(22)25-15-19(27-21)18-7-4-10-23-11-5-8-18/h2-4,8-13,15-16H,5-7,14H2,1H3,(H2,22,25)(H,26,27)/b3-2-,10-4?,13-12-,17-16+,18-8+,23-11-,24-9+. The van der Waals surface area contributed by atoms with E-state index in [1.54, 1.807) is 18.6 Å². The van der Waals surface area contributed by atoms with Crippen LogP contribution in [-0.4, -0.2) is 40.9 Å². The molecule has 3 rings (SSSR count). The van der Waals surface area contributed by atoms with Gasteiger partial charge in [0.1, 0.15) is 0 Å². The van der Waals surface area contributed by atoms with E-state index in [2.05, 4.69) is 38.6 Å². The molecule has 0 saturated heterocycles. The molecule has 0 aromatic carbocycles. The van der Waals surface area contributed by atoms with Crippen LogP contribution in [0, 0.1) is 0 Å². The Hall–Kier alpha value is -3.48. The highest BCUT2D eigenvalue weighted by Crippen LogP contribution is 2.22. The Morgan fingerprint density at radius 3 is 3.04 bits per heavy atom. The first-order valence-corrected chi connectivity index (χ1v) is 9.21. The first kappa shape index (κ1) is 19.3. The number of allylic oxidation sites excluding steroid dienone is 5. The van der Waals surface area contributed by atoms with E-state index >= 15 is 0 Å². The molecule has 2 aliphatic heterocycles. The summed E-state index contributed by atoms with van der Waals surface area (Å²) in [4.78, 5) is 19.3. The number of aromatic nitrogens is 2. The third-order valence-corrected chi connectivity index (χ3v) is 4.18. The molecule has 7 nitrogen and oxygen atoms in total. The van der Waals surface area contributed by atoms with Crippen molar-refractivity contribution in [3.63, 3.8) is 0 Å². The topological polar surface area (TPSA) is 91.8 Å². The number of nitrogen functional groups attached to an aromatic ring is 1. The average Bonchev–Trinajstić information content (AvgIpc) is 2.66. The highest BCUT2D eigenvalue weighted by atomic mass is 15.1. The van der Waals surface area contributed by atoms with Crippen molar-refractivity contribution in [1.82, 2.24) is 14.9 Å². The van der Waals surface area contributed by atoms with Crippen molar-refractivity contribution in [2.75, 3.05) is 24.6 Å². The molecule has 0 radical (unpaired) electrons. The van der Waals surface area contributed by atoms with Gasteiger partial charge in [-0.05, 0) is 30.1 Å². The minimum absolute atomic E-state index is 0.392. The molecule has 0 amide bonds. The van der Waals surface area contributed by atoms with Gasteiger partial charge in [-0.2, -0.15) is 0 Å². The lowest BCUT2D eigenvalue weighted by Crippen LogP contribution is -2.13. The fraction of sp³-hybridized carbons (Fsp3) is 0.238. The van der Waals surface area contributed by atoms with E-state index in [4.69, 9.17) is 10.7 Å². The first-order chi connectivity index (χ1) is 13.7. The van der Waals surface area contributed by atoms with E-state index in [1.807, 2.05) is 42.7 Å². The van der Waals surface area contributed by atoms with Crippen LogP contribution in [0.25, 0.3) is 5.57 Å². The van der Waals surface area contributed by atoms with Gasteiger partial charge in [0.2, 0.25) is 0 Å². The highest BCUT2D eigenvalue weighted by Gasteiger charge is 2.09. The zero-order valence-electron chi connectivity index (χ0n) is 16.0. The summed E-state index contributed by atoms with van der Waals surface area (Å²) in [6, 6.07) is 0. The van der Waals surface area contributed by atoms with Gasteiger partial charge in [-0.25, -0.2) is 9.97 Å². The number of rotatable bonds is 4. The van der Waals surface area contributed by atoms with Gasteiger partial charge in [0, 0.05) is 57.2 Å². The third kappa shape index (κ3) is 5.77. The lowest BCUT2D eigenvalue weighted by molar-refractivity contribution is 0.614. The second-order valence-corrected chi connectivity index (χ2v) is 6.41. The van der Waals surface area contributed by atoms with E-state index in [1.165, 1.54) is 5.57 Å². The fourth-order valence-electron chi connectivity index (χ4n) is 2.75. The smallest absolute Gasteiger partial charge is 0.169 e. The molecule has 2 aliphatic rings. The maximum atomic E-state index is 6.06. The summed E-state index contributed by atoms with van der Waals surface area (Å²) >= 11 is 0. The highest BCUT2D eigenvalue weighted by molar-refractivity contribution is 5.72. The quantitative estimate of drug-likeness (QED) is 0.840. The van der Waals surface area contributed by atoms with Gasteiger partial charge in [0.05, 0.1) is 11.9 Å². The summed E-state index contributed by atoms with van der Waals surface area (Å²) in [5, 5.41) is 3.34. The number of nitrogens with one attached hydrogen (secondary N) is 1. The Morgan fingerprint density at radius 1 is 1.18 bits per heavy atom. The van der Waals surface area contributed by atoms with E-state index in [-0.39, 0.29) is 0 Å². The molecule has 0 aliphatic carbocycles. The summed E-state index contributed by atoms with van der Waals surface area (Å²) in [6.07, 6.45) is 23.4. The lowest BCUT2D eigenvalue weighted by atomic mass is 10.1. The molecule has 0 bridgehead atoms. The maximum Gasteiger partial charge on any atom is 0.169 e.